The molecule has 144 valence electrons. The molecule has 0 bridgehead atoms. The number of anilines is 1. The summed E-state index contributed by atoms with van der Waals surface area (Å²) in [5.74, 6) is -0.811. The second-order valence-electron chi connectivity index (χ2n) is 7.19. The van der Waals surface area contributed by atoms with Crippen LogP contribution < -0.4 is 16.0 Å². The third-order valence-electron chi connectivity index (χ3n) is 5.47. The van der Waals surface area contributed by atoms with Gasteiger partial charge in [0.15, 0.2) is 5.13 Å². The summed E-state index contributed by atoms with van der Waals surface area (Å²) in [5.41, 5.74) is 3.70. The molecule has 3 aliphatic rings. The standard InChI is InChI=1S/C19H19N5O3S/c25-16-5-4-14(17(26)23-16)24-9-12-10(2-1-3-11(12)18(24)27)6-21-19-22-13-7-20-8-15(13)28-19/h1-3,14,20H,4-9H2,(H,21,22)(H,23,25,26). The maximum atomic E-state index is 12.9. The van der Waals surface area contributed by atoms with Gasteiger partial charge < -0.3 is 15.5 Å². The molecule has 3 N–H and O–H groups in total. The number of imide groups is 1. The highest BCUT2D eigenvalue weighted by atomic mass is 32.1. The van der Waals surface area contributed by atoms with Gasteiger partial charge in [0.25, 0.3) is 5.91 Å². The minimum atomic E-state index is -0.590. The van der Waals surface area contributed by atoms with Crippen LogP contribution in [-0.4, -0.2) is 33.6 Å². The van der Waals surface area contributed by atoms with Crippen LogP contribution in [0.25, 0.3) is 0 Å². The predicted octanol–water partition coefficient (Wildman–Crippen LogP) is 1.12. The van der Waals surface area contributed by atoms with E-state index in [4.69, 9.17) is 0 Å². The van der Waals surface area contributed by atoms with Gasteiger partial charge in [0, 0.05) is 43.0 Å². The van der Waals surface area contributed by atoms with Crippen LogP contribution in [0.15, 0.2) is 18.2 Å². The van der Waals surface area contributed by atoms with Crippen LogP contribution in [0.2, 0.25) is 0 Å². The first kappa shape index (κ1) is 17.3. The molecule has 1 unspecified atom stereocenters. The van der Waals surface area contributed by atoms with Crippen molar-refractivity contribution in [2.24, 2.45) is 0 Å². The number of nitrogens with one attached hydrogen (secondary N) is 3. The zero-order valence-corrected chi connectivity index (χ0v) is 15.9. The minimum Gasteiger partial charge on any atom is -0.357 e. The fourth-order valence-electron chi connectivity index (χ4n) is 4.02. The molecule has 8 nitrogen and oxygen atoms in total. The number of carbonyl (C=O) groups is 3. The molecule has 0 radical (unpaired) electrons. The molecule has 1 saturated heterocycles. The zero-order chi connectivity index (χ0) is 19.3. The minimum absolute atomic E-state index is 0.148. The number of rotatable bonds is 4. The molecule has 4 heterocycles. The van der Waals surface area contributed by atoms with Crippen molar-refractivity contribution in [3.8, 4) is 0 Å². The van der Waals surface area contributed by atoms with Crippen LogP contribution in [-0.2, 0) is 35.8 Å². The molecular weight excluding hydrogens is 378 g/mol. The van der Waals surface area contributed by atoms with E-state index in [1.54, 1.807) is 22.3 Å². The Morgan fingerprint density at radius 1 is 1.25 bits per heavy atom. The SMILES string of the molecule is O=C1CCC(N2Cc3c(CNc4nc5c(s4)CNC5)cccc3C2=O)C(=O)N1. The summed E-state index contributed by atoms with van der Waals surface area (Å²) < 4.78 is 0. The summed E-state index contributed by atoms with van der Waals surface area (Å²) in [6.07, 6.45) is 0.630. The van der Waals surface area contributed by atoms with E-state index < -0.39 is 6.04 Å². The maximum Gasteiger partial charge on any atom is 0.255 e. The lowest BCUT2D eigenvalue weighted by Crippen LogP contribution is -2.52. The Labute approximate surface area is 165 Å². The lowest BCUT2D eigenvalue weighted by molar-refractivity contribution is -0.136. The van der Waals surface area contributed by atoms with Crippen LogP contribution in [0.1, 0.15) is 44.9 Å². The lowest BCUT2D eigenvalue weighted by Gasteiger charge is -2.29. The molecule has 28 heavy (non-hydrogen) atoms. The van der Waals surface area contributed by atoms with Crippen LogP contribution >= 0.6 is 11.3 Å². The summed E-state index contributed by atoms with van der Waals surface area (Å²) >= 11 is 1.65. The zero-order valence-electron chi connectivity index (χ0n) is 15.1. The molecule has 0 spiro atoms. The summed E-state index contributed by atoms with van der Waals surface area (Å²) in [5, 5.41) is 9.87. The molecule has 1 aromatic heterocycles. The molecule has 0 saturated carbocycles. The van der Waals surface area contributed by atoms with Crippen LogP contribution in [0, 0.1) is 0 Å². The molecule has 3 aliphatic heterocycles. The molecule has 1 aromatic carbocycles. The van der Waals surface area contributed by atoms with Crippen LogP contribution in [0.3, 0.4) is 0 Å². The fourth-order valence-corrected chi connectivity index (χ4v) is 4.96. The second kappa shape index (κ2) is 6.68. The Bertz CT molecular complexity index is 980. The van der Waals surface area contributed by atoms with Crippen molar-refractivity contribution in [3.05, 3.63) is 45.5 Å². The number of hydrogen-bond donors (Lipinski definition) is 3. The molecule has 9 heteroatoms. The van der Waals surface area contributed by atoms with E-state index in [1.165, 1.54) is 4.88 Å². The van der Waals surface area contributed by atoms with Gasteiger partial charge in [-0.1, -0.05) is 12.1 Å². The summed E-state index contributed by atoms with van der Waals surface area (Å²) in [7, 11) is 0. The highest BCUT2D eigenvalue weighted by Crippen LogP contribution is 2.31. The van der Waals surface area contributed by atoms with E-state index in [1.807, 2.05) is 12.1 Å². The number of nitrogens with zero attached hydrogens (tertiary/aromatic N) is 2. The Balaban J connectivity index is 1.34. The molecule has 3 amide bonds. The summed E-state index contributed by atoms with van der Waals surface area (Å²) in [6.45, 7) is 2.63. The van der Waals surface area contributed by atoms with Crippen molar-refractivity contribution in [1.82, 2.24) is 20.5 Å². The Morgan fingerprint density at radius 2 is 2.14 bits per heavy atom. The molecular formula is C19H19N5O3S. The van der Waals surface area contributed by atoms with Crippen molar-refractivity contribution < 1.29 is 14.4 Å². The number of amides is 3. The van der Waals surface area contributed by atoms with Gasteiger partial charge in [0.2, 0.25) is 11.8 Å². The molecule has 1 fully saturated rings. The number of aromatic nitrogens is 1. The Hall–Kier alpha value is -2.78. The van der Waals surface area contributed by atoms with Crippen LogP contribution in [0.5, 0.6) is 0 Å². The Morgan fingerprint density at radius 3 is 2.96 bits per heavy atom. The van der Waals surface area contributed by atoms with Gasteiger partial charge in [-0.25, -0.2) is 4.98 Å². The number of carbonyl (C=O) groups excluding carboxylic acids is 3. The van der Waals surface area contributed by atoms with Gasteiger partial charge in [-0.05, 0) is 23.6 Å². The predicted molar refractivity (Wildman–Crippen MR) is 102 cm³/mol. The first-order chi connectivity index (χ1) is 13.6. The molecule has 2 aromatic rings. The summed E-state index contributed by atoms with van der Waals surface area (Å²) in [4.78, 5) is 43.9. The topological polar surface area (TPSA) is 103 Å². The van der Waals surface area contributed by atoms with E-state index in [2.05, 4.69) is 20.9 Å². The van der Waals surface area contributed by atoms with Gasteiger partial charge in [-0.3, -0.25) is 19.7 Å². The van der Waals surface area contributed by atoms with E-state index in [-0.39, 0.29) is 24.1 Å². The third kappa shape index (κ3) is 2.87. The van der Waals surface area contributed by atoms with Gasteiger partial charge in [-0.15, -0.1) is 11.3 Å². The quantitative estimate of drug-likeness (QED) is 0.668. The van der Waals surface area contributed by atoms with Crippen molar-refractivity contribution in [2.45, 2.75) is 45.1 Å². The van der Waals surface area contributed by atoms with Gasteiger partial charge in [0.05, 0.1) is 5.69 Å². The smallest absolute Gasteiger partial charge is 0.255 e. The van der Waals surface area contributed by atoms with E-state index >= 15 is 0 Å². The van der Waals surface area contributed by atoms with Gasteiger partial charge in [-0.2, -0.15) is 0 Å². The number of benzene rings is 1. The van der Waals surface area contributed by atoms with Gasteiger partial charge >= 0.3 is 0 Å². The Kier molecular flexibility index (Phi) is 4.13. The first-order valence-electron chi connectivity index (χ1n) is 9.29. The van der Waals surface area contributed by atoms with Crippen molar-refractivity contribution in [3.63, 3.8) is 0 Å². The molecule has 5 rings (SSSR count). The third-order valence-corrected chi connectivity index (χ3v) is 6.52. The monoisotopic (exact) mass is 397 g/mol. The highest BCUT2D eigenvalue weighted by molar-refractivity contribution is 7.15. The van der Waals surface area contributed by atoms with Crippen molar-refractivity contribution in [1.29, 1.82) is 0 Å². The van der Waals surface area contributed by atoms with Crippen molar-refractivity contribution in [2.75, 3.05) is 5.32 Å². The molecule has 1 atom stereocenters. The maximum absolute atomic E-state index is 12.9. The van der Waals surface area contributed by atoms with E-state index in [0.717, 1.165) is 35.0 Å². The first-order valence-corrected chi connectivity index (χ1v) is 10.1. The average molecular weight is 397 g/mol. The normalized spacial score (nSPS) is 20.9. The van der Waals surface area contributed by atoms with Gasteiger partial charge in [0.1, 0.15) is 6.04 Å². The second-order valence-corrected chi connectivity index (χ2v) is 8.27. The number of hydrogen-bond acceptors (Lipinski definition) is 7. The number of piperidine rings is 1. The summed E-state index contributed by atoms with van der Waals surface area (Å²) in [6, 6.07) is 5.08. The number of fused-ring (bicyclic) bond motifs is 2. The highest BCUT2D eigenvalue weighted by Gasteiger charge is 2.39. The van der Waals surface area contributed by atoms with Crippen LogP contribution in [0.4, 0.5) is 5.13 Å². The fraction of sp³-hybridized carbons (Fsp3) is 0.368. The lowest BCUT2D eigenvalue weighted by atomic mass is 10.0. The number of thiazole rings is 1. The van der Waals surface area contributed by atoms with E-state index in [0.29, 0.717) is 25.1 Å². The van der Waals surface area contributed by atoms with E-state index in [9.17, 15) is 14.4 Å². The average Bonchev–Trinajstić information content (AvgIpc) is 3.34. The largest absolute Gasteiger partial charge is 0.357 e. The molecule has 0 aliphatic carbocycles. The van der Waals surface area contributed by atoms with Crippen molar-refractivity contribution >= 4 is 34.2 Å².